The van der Waals surface area contributed by atoms with Crippen molar-refractivity contribution in [1.29, 1.82) is 0 Å². The number of imidazole rings is 1. The molecule has 5 nitrogen and oxygen atoms in total. The number of sulfone groups is 1. The molecule has 1 aromatic rings. The first-order chi connectivity index (χ1) is 6.61. The predicted molar refractivity (Wildman–Crippen MR) is 50.6 cm³/mol. The average Bonchev–Trinajstić information content (AvgIpc) is 2.49. The highest BCUT2D eigenvalue weighted by Crippen LogP contribution is 2.36. The number of aromatic amines is 1. The van der Waals surface area contributed by atoms with Crippen LogP contribution in [0.2, 0.25) is 0 Å². The molecule has 0 saturated carbocycles. The van der Waals surface area contributed by atoms with Gasteiger partial charge in [-0.15, -0.1) is 0 Å². The molecule has 0 unspecified atom stereocenters. The van der Waals surface area contributed by atoms with Gasteiger partial charge in [-0.05, 0) is 0 Å². The van der Waals surface area contributed by atoms with Crippen molar-refractivity contribution >= 4 is 9.84 Å². The standard InChI is InChI=1S/C8H11N3O2S/c12-14(13)3-8(4-14)7-6(1-2-11-8)9-5-10-7/h5,11H,1-4H2,(H,9,10). The molecule has 1 aromatic heterocycles. The smallest absolute Gasteiger partial charge is 0.154 e. The molecule has 2 N–H and O–H groups in total. The summed E-state index contributed by atoms with van der Waals surface area (Å²) in [5.74, 6) is 0.385. The third-order valence-corrected chi connectivity index (χ3v) is 4.81. The highest BCUT2D eigenvalue weighted by atomic mass is 32.2. The summed E-state index contributed by atoms with van der Waals surface area (Å²) in [5.41, 5.74) is 1.60. The minimum absolute atomic E-state index is 0.192. The zero-order chi connectivity index (χ0) is 9.81. The van der Waals surface area contributed by atoms with Crippen LogP contribution in [0.3, 0.4) is 0 Å². The van der Waals surface area contributed by atoms with Crippen molar-refractivity contribution in [3.8, 4) is 0 Å². The van der Waals surface area contributed by atoms with E-state index in [0.717, 1.165) is 24.4 Å². The molecule has 76 valence electrons. The second-order valence-electron chi connectivity index (χ2n) is 4.02. The van der Waals surface area contributed by atoms with Crippen LogP contribution in [0.25, 0.3) is 0 Å². The van der Waals surface area contributed by atoms with E-state index >= 15 is 0 Å². The number of hydrogen-bond donors (Lipinski definition) is 2. The summed E-state index contributed by atoms with van der Waals surface area (Å²) in [5, 5.41) is 3.27. The van der Waals surface area contributed by atoms with Crippen molar-refractivity contribution < 1.29 is 8.42 Å². The van der Waals surface area contributed by atoms with Gasteiger partial charge in [-0.3, -0.25) is 0 Å². The number of rotatable bonds is 0. The molecule has 14 heavy (non-hydrogen) atoms. The highest BCUT2D eigenvalue weighted by molar-refractivity contribution is 7.93. The molecule has 0 bridgehead atoms. The van der Waals surface area contributed by atoms with Crippen LogP contribution in [0.1, 0.15) is 11.4 Å². The molecule has 1 fully saturated rings. The van der Waals surface area contributed by atoms with Crippen LogP contribution in [0, 0.1) is 0 Å². The third kappa shape index (κ3) is 0.978. The Morgan fingerprint density at radius 1 is 1.43 bits per heavy atom. The first kappa shape index (κ1) is 8.43. The molecule has 3 rings (SSSR count). The number of hydrogen-bond acceptors (Lipinski definition) is 4. The monoisotopic (exact) mass is 213 g/mol. The number of fused-ring (bicyclic) bond motifs is 2. The minimum atomic E-state index is -2.83. The molecular weight excluding hydrogens is 202 g/mol. The Balaban J connectivity index is 2.06. The fourth-order valence-corrected chi connectivity index (χ4v) is 4.28. The van der Waals surface area contributed by atoms with Gasteiger partial charge in [0, 0.05) is 18.7 Å². The third-order valence-electron chi connectivity index (χ3n) is 2.94. The lowest BCUT2D eigenvalue weighted by molar-refractivity contribution is 0.342. The Kier molecular flexibility index (Phi) is 1.43. The Bertz CT molecular complexity index is 465. The maximum absolute atomic E-state index is 11.2. The van der Waals surface area contributed by atoms with Gasteiger partial charge < -0.3 is 10.3 Å². The van der Waals surface area contributed by atoms with Crippen LogP contribution in [-0.4, -0.2) is 36.4 Å². The van der Waals surface area contributed by atoms with E-state index in [1.807, 2.05) is 0 Å². The van der Waals surface area contributed by atoms with Crippen molar-refractivity contribution in [2.45, 2.75) is 12.0 Å². The SMILES string of the molecule is O=S1(=O)CC2(C1)NCCc1[nH]cnc12. The first-order valence-electron chi connectivity index (χ1n) is 4.60. The number of nitrogens with one attached hydrogen (secondary N) is 2. The number of aromatic nitrogens is 2. The zero-order valence-corrected chi connectivity index (χ0v) is 8.39. The Labute approximate surface area is 81.8 Å². The van der Waals surface area contributed by atoms with Crippen LogP contribution < -0.4 is 5.32 Å². The van der Waals surface area contributed by atoms with Crippen molar-refractivity contribution in [2.24, 2.45) is 0 Å². The lowest BCUT2D eigenvalue weighted by Crippen LogP contribution is -2.63. The summed E-state index contributed by atoms with van der Waals surface area (Å²) in [6.07, 6.45) is 2.54. The van der Waals surface area contributed by atoms with Crippen molar-refractivity contribution in [2.75, 3.05) is 18.1 Å². The summed E-state index contributed by atoms with van der Waals surface area (Å²) < 4.78 is 22.4. The normalized spacial score (nSPS) is 26.9. The molecule has 0 aliphatic carbocycles. The zero-order valence-electron chi connectivity index (χ0n) is 7.58. The molecule has 0 aromatic carbocycles. The summed E-state index contributed by atoms with van der Waals surface area (Å²) in [4.78, 5) is 7.28. The summed E-state index contributed by atoms with van der Waals surface area (Å²) in [6.45, 7) is 0.824. The molecule has 0 atom stereocenters. The van der Waals surface area contributed by atoms with E-state index in [0.29, 0.717) is 0 Å². The molecule has 1 saturated heterocycles. The molecule has 2 aliphatic heterocycles. The van der Waals surface area contributed by atoms with E-state index in [1.165, 1.54) is 0 Å². The van der Waals surface area contributed by atoms with Crippen molar-refractivity contribution in [3.05, 3.63) is 17.7 Å². The molecule has 1 spiro atoms. The largest absolute Gasteiger partial charge is 0.348 e. The maximum atomic E-state index is 11.2. The van der Waals surface area contributed by atoms with Gasteiger partial charge in [0.25, 0.3) is 0 Å². The van der Waals surface area contributed by atoms with Crippen molar-refractivity contribution in [3.63, 3.8) is 0 Å². The van der Waals surface area contributed by atoms with Gasteiger partial charge in [-0.1, -0.05) is 0 Å². The second kappa shape index (κ2) is 2.38. The lowest BCUT2D eigenvalue weighted by Gasteiger charge is -2.43. The van der Waals surface area contributed by atoms with Gasteiger partial charge in [0.05, 0.1) is 29.1 Å². The molecular formula is C8H11N3O2S. The van der Waals surface area contributed by atoms with E-state index in [2.05, 4.69) is 15.3 Å². The Morgan fingerprint density at radius 2 is 2.21 bits per heavy atom. The second-order valence-corrected chi connectivity index (χ2v) is 6.09. The van der Waals surface area contributed by atoms with Crippen LogP contribution in [0.4, 0.5) is 0 Å². The van der Waals surface area contributed by atoms with Crippen LogP contribution in [0.15, 0.2) is 6.33 Å². The van der Waals surface area contributed by atoms with E-state index in [4.69, 9.17) is 0 Å². The fraction of sp³-hybridized carbons (Fsp3) is 0.625. The molecule has 3 heterocycles. The van der Waals surface area contributed by atoms with Gasteiger partial charge >= 0.3 is 0 Å². The quantitative estimate of drug-likeness (QED) is 0.590. The van der Waals surface area contributed by atoms with Gasteiger partial charge in [-0.25, -0.2) is 13.4 Å². The van der Waals surface area contributed by atoms with Gasteiger partial charge in [0.1, 0.15) is 0 Å². The number of nitrogens with zero attached hydrogens (tertiary/aromatic N) is 1. The Hall–Kier alpha value is -0.880. The van der Waals surface area contributed by atoms with Gasteiger partial charge in [0.2, 0.25) is 0 Å². The topological polar surface area (TPSA) is 74.8 Å². The van der Waals surface area contributed by atoms with Crippen molar-refractivity contribution in [1.82, 2.24) is 15.3 Å². The van der Waals surface area contributed by atoms with Crippen LogP contribution in [0.5, 0.6) is 0 Å². The average molecular weight is 213 g/mol. The van der Waals surface area contributed by atoms with Gasteiger partial charge in [-0.2, -0.15) is 0 Å². The fourth-order valence-electron chi connectivity index (χ4n) is 2.38. The van der Waals surface area contributed by atoms with Gasteiger partial charge in [0.15, 0.2) is 9.84 Å². The highest BCUT2D eigenvalue weighted by Gasteiger charge is 2.53. The summed E-state index contributed by atoms with van der Waals surface area (Å²) in [6, 6.07) is 0. The summed E-state index contributed by atoms with van der Waals surface area (Å²) >= 11 is 0. The summed E-state index contributed by atoms with van der Waals surface area (Å²) in [7, 11) is -2.83. The molecule has 2 aliphatic rings. The van der Waals surface area contributed by atoms with E-state index < -0.39 is 9.84 Å². The van der Waals surface area contributed by atoms with E-state index in [9.17, 15) is 8.42 Å². The first-order valence-corrected chi connectivity index (χ1v) is 6.42. The molecule has 0 radical (unpaired) electrons. The Morgan fingerprint density at radius 3 is 2.93 bits per heavy atom. The number of H-pyrrole nitrogens is 1. The molecule has 0 amide bonds. The lowest BCUT2D eigenvalue weighted by atomic mass is 9.92. The van der Waals surface area contributed by atoms with E-state index in [1.54, 1.807) is 6.33 Å². The van der Waals surface area contributed by atoms with Crippen LogP contribution >= 0.6 is 0 Å². The minimum Gasteiger partial charge on any atom is -0.348 e. The maximum Gasteiger partial charge on any atom is 0.154 e. The predicted octanol–water partition coefficient (Wildman–Crippen LogP) is -0.821. The van der Waals surface area contributed by atoms with E-state index in [-0.39, 0.29) is 17.0 Å². The van der Waals surface area contributed by atoms with Crippen LogP contribution in [-0.2, 0) is 21.8 Å². The molecule has 6 heteroatoms.